The molecule has 0 bridgehead atoms. The maximum absolute atomic E-state index is 11.8. The molecule has 1 amide bonds. The van der Waals surface area contributed by atoms with Gasteiger partial charge in [-0.15, -0.1) is 0 Å². The summed E-state index contributed by atoms with van der Waals surface area (Å²) >= 11 is 0. The largest absolute Gasteiger partial charge is 0.484 e. The van der Waals surface area contributed by atoms with Crippen LogP contribution >= 0.6 is 0 Å². The van der Waals surface area contributed by atoms with Gasteiger partial charge in [-0.25, -0.2) is 0 Å². The van der Waals surface area contributed by atoms with Crippen LogP contribution in [0.25, 0.3) is 0 Å². The number of nitrogens with one attached hydrogen (secondary N) is 1. The highest BCUT2D eigenvalue weighted by Crippen LogP contribution is 2.18. The minimum absolute atomic E-state index is 0.379. The summed E-state index contributed by atoms with van der Waals surface area (Å²) in [5.74, 6) is -0.453. The Bertz CT molecular complexity index is 433. The molecule has 18 heavy (non-hydrogen) atoms. The molecule has 0 spiro atoms. The first kappa shape index (κ1) is 14.1. The molecule has 100 valence electrons. The Morgan fingerprint density at radius 3 is 2.67 bits per heavy atom. The van der Waals surface area contributed by atoms with Gasteiger partial charge in [0.15, 0.2) is 6.61 Å². The van der Waals surface area contributed by atoms with E-state index in [1.165, 1.54) is 0 Å². The predicted molar refractivity (Wildman–Crippen MR) is 60.2 cm³/mol. The first-order valence-electron chi connectivity index (χ1n) is 5.10. The molecule has 0 aliphatic rings. The Kier molecular flexibility index (Phi) is 4.41. The molecule has 0 radical (unpaired) electrons. The lowest BCUT2D eigenvalue weighted by molar-refractivity contribution is -0.139. The molecule has 3 N–H and O–H groups in total. The molecule has 0 aliphatic heterocycles. The van der Waals surface area contributed by atoms with Gasteiger partial charge in [0.05, 0.1) is 0 Å². The minimum atomic E-state index is -4.42. The van der Waals surface area contributed by atoms with Crippen LogP contribution in [0.4, 0.5) is 18.9 Å². The number of benzene rings is 1. The average molecular weight is 262 g/mol. The van der Waals surface area contributed by atoms with Crippen LogP contribution in [0.2, 0.25) is 0 Å². The molecule has 0 fully saturated rings. The van der Waals surface area contributed by atoms with Gasteiger partial charge in [-0.2, -0.15) is 13.2 Å². The van der Waals surface area contributed by atoms with Crippen molar-refractivity contribution in [3.05, 3.63) is 23.8 Å². The third kappa shape index (κ3) is 4.94. The van der Waals surface area contributed by atoms with Gasteiger partial charge in [-0.3, -0.25) is 4.79 Å². The van der Waals surface area contributed by atoms with Crippen molar-refractivity contribution in [2.75, 3.05) is 18.9 Å². The van der Waals surface area contributed by atoms with Crippen LogP contribution in [0.3, 0.4) is 0 Å². The highest BCUT2D eigenvalue weighted by molar-refractivity contribution is 5.77. The summed E-state index contributed by atoms with van der Waals surface area (Å²) in [6.07, 6.45) is -4.42. The van der Waals surface area contributed by atoms with Gasteiger partial charge in [-0.05, 0) is 30.7 Å². The summed E-state index contributed by atoms with van der Waals surface area (Å²) in [5, 5.41) is 1.71. The molecule has 0 aliphatic carbocycles. The van der Waals surface area contributed by atoms with Crippen LogP contribution in [0.15, 0.2) is 18.2 Å². The normalized spacial score (nSPS) is 11.1. The predicted octanol–water partition coefficient (Wildman–Crippen LogP) is 1.63. The monoisotopic (exact) mass is 262 g/mol. The number of ether oxygens (including phenoxy) is 1. The number of alkyl halides is 3. The smallest absolute Gasteiger partial charge is 0.405 e. The highest BCUT2D eigenvalue weighted by atomic mass is 19.4. The Morgan fingerprint density at radius 2 is 2.11 bits per heavy atom. The SMILES string of the molecule is Cc1cc(OCC(=O)NCC(F)(F)F)ccc1N. The number of amides is 1. The quantitative estimate of drug-likeness (QED) is 0.811. The van der Waals surface area contributed by atoms with Crippen LogP contribution in [0.5, 0.6) is 5.75 Å². The molecule has 0 heterocycles. The summed E-state index contributed by atoms with van der Waals surface area (Å²) in [4.78, 5) is 11.1. The van der Waals surface area contributed by atoms with Crippen molar-refractivity contribution in [1.29, 1.82) is 0 Å². The number of carbonyl (C=O) groups excluding carboxylic acids is 1. The van der Waals surface area contributed by atoms with Gasteiger partial charge in [0, 0.05) is 5.69 Å². The molecule has 0 saturated heterocycles. The second-order valence-electron chi connectivity index (χ2n) is 3.70. The molecule has 1 aromatic rings. The van der Waals surface area contributed by atoms with Gasteiger partial charge in [0.2, 0.25) is 0 Å². The maximum atomic E-state index is 11.8. The lowest BCUT2D eigenvalue weighted by atomic mass is 10.2. The summed E-state index contributed by atoms with van der Waals surface area (Å²) in [5.41, 5.74) is 6.92. The van der Waals surface area contributed by atoms with E-state index in [1.54, 1.807) is 30.4 Å². The third-order valence-corrected chi connectivity index (χ3v) is 2.10. The fraction of sp³-hybridized carbons (Fsp3) is 0.364. The number of aryl methyl sites for hydroxylation is 1. The Hall–Kier alpha value is -1.92. The number of hydrogen-bond donors (Lipinski definition) is 2. The van der Waals surface area contributed by atoms with Gasteiger partial charge in [0.1, 0.15) is 12.3 Å². The summed E-state index contributed by atoms with van der Waals surface area (Å²) in [6.45, 7) is -0.0820. The molecule has 0 unspecified atom stereocenters. The van der Waals surface area contributed by atoms with Crippen molar-refractivity contribution in [2.45, 2.75) is 13.1 Å². The minimum Gasteiger partial charge on any atom is -0.484 e. The lowest BCUT2D eigenvalue weighted by Crippen LogP contribution is -2.36. The van der Waals surface area contributed by atoms with E-state index in [0.29, 0.717) is 11.4 Å². The Morgan fingerprint density at radius 1 is 1.44 bits per heavy atom. The van der Waals surface area contributed by atoms with Gasteiger partial charge in [-0.1, -0.05) is 0 Å². The zero-order valence-corrected chi connectivity index (χ0v) is 9.67. The molecule has 1 rings (SSSR count). The molecule has 0 atom stereocenters. The molecule has 0 aromatic heterocycles. The fourth-order valence-electron chi connectivity index (χ4n) is 1.14. The van der Waals surface area contributed by atoms with Crippen LogP contribution < -0.4 is 15.8 Å². The van der Waals surface area contributed by atoms with Gasteiger partial charge < -0.3 is 15.8 Å². The first-order valence-corrected chi connectivity index (χ1v) is 5.10. The van der Waals surface area contributed by atoms with Crippen LogP contribution in [-0.4, -0.2) is 25.2 Å². The van der Waals surface area contributed by atoms with E-state index in [4.69, 9.17) is 10.5 Å². The van der Waals surface area contributed by atoms with Crippen LogP contribution in [0, 0.1) is 6.92 Å². The number of anilines is 1. The van der Waals surface area contributed by atoms with E-state index in [9.17, 15) is 18.0 Å². The van der Waals surface area contributed by atoms with Crippen molar-refractivity contribution >= 4 is 11.6 Å². The molecule has 1 aromatic carbocycles. The van der Waals surface area contributed by atoms with E-state index < -0.39 is 25.2 Å². The van der Waals surface area contributed by atoms with Crippen LogP contribution in [-0.2, 0) is 4.79 Å². The standard InChI is InChI=1S/C11H13F3N2O2/c1-7-4-8(2-3-9(7)15)18-5-10(17)16-6-11(12,13)14/h2-4H,5-6,15H2,1H3,(H,16,17). The second-order valence-corrected chi connectivity index (χ2v) is 3.70. The Labute approximate surface area is 102 Å². The van der Waals surface area contributed by atoms with Gasteiger partial charge >= 0.3 is 6.18 Å². The van der Waals surface area contributed by atoms with Crippen molar-refractivity contribution in [2.24, 2.45) is 0 Å². The Balaban J connectivity index is 2.40. The second kappa shape index (κ2) is 5.61. The number of nitrogen functional groups attached to an aromatic ring is 1. The topological polar surface area (TPSA) is 64.3 Å². The summed E-state index contributed by atoms with van der Waals surface area (Å²) < 4.78 is 40.5. The molecule has 4 nitrogen and oxygen atoms in total. The van der Waals surface area contributed by atoms with E-state index in [0.717, 1.165) is 5.56 Å². The molecular formula is C11H13F3N2O2. The average Bonchev–Trinajstić information content (AvgIpc) is 2.27. The highest BCUT2D eigenvalue weighted by Gasteiger charge is 2.27. The van der Waals surface area contributed by atoms with Crippen molar-refractivity contribution in [3.63, 3.8) is 0 Å². The van der Waals surface area contributed by atoms with Crippen molar-refractivity contribution in [3.8, 4) is 5.75 Å². The van der Waals surface area contributed by atoms with E-state index in [-0.39, 0.29) is 0 Å². The summed E-state index contributed by atoms with van der Waals surface area (Å²) in [7, 11) is 0. The maximum Gasteiger partial charge on any atom is 0.405 e. The fourth-order valence-corrected chi connectivity index (χ4v) is 1.14. The van der Waals surface area contributed by atoms with E-state index in [1.807, 2.05) is 0 Å². The molecule has 0 saturated carbocycles. The zero-order valence-electron chi connectivity index (χ0n) is 9.67. The van der Waals surface area contributed by atoms with Crippen LogP contribution in [0.1, 0.15) is 5.56 Å². The van der Waals surface area contributed by atoms with Crippen molar-refractivity contribution < 1.29 is 22.7 Å². The van der Waals surface area contributed by atoms with Gasteiger partial charge in [0.25, 0.3) is 5.91 Å². The number of carbonyl (C=O) groups is 1. The van der Waals surface area contributed by atoms with E-state index in [2.05, 4.69) is 0 Å². The lowest BCUT2D eigenvalue weighted by Gasteiger charge is -2.10. The summed E-state index contributed by atoms with van der Waals surface area (Å²) in [6, 6.07) is 4.74. The number of nitrogens with two attached hydrogens (primary N) is 1. The molecular weight excluding hydrogens is 249 g/mol. The first-order chi connectivity index (χ1) is 8.28. The number of hydrogen-bond acceptors (Lipinski definition) is 3. The van der Waals surface area contributed by atoms with E-state index >= 15 is 0 Å². The molecule has 7 heteroatoms. The third-order valence-electron chi connectivity index (χ3n) is 2.10. The number of rotatable bonds is 4. The zero-order chi connectivity index (χ0) is 13.8. The van der Waals surface area contributed by atoms with Crippen molar-refractivity contribution in [1.82, 2.24) is 5.32 Å². The number of halogens is 3.